The molecule has 0 radical (unpaired) electrons. The molecule has 2 aliphatic heterocycles. The Morgan fingerprint density at radius 1 is 1.60 bits per heavy atom. The Morgan fingerprint density at radius 3 is 3.10 bits per heavy atom. The minimum Gasteiger partial charge on any atom is -0.379 e. The predicted molar refractivity (Wildman–Crippen MR) is 43.0 cm³/mol. The van der Waals surface area contributed by atoms with Gasteiger partial charge in [-0.3, -0.25) is 5.32 Å². The highest BCUT2D eigenvalue weighted by Gasteiger charge is 2.40. The molecule has 2 heterocycles. The van der Waals surface area contributed by atoms with Crippen molar-refractivity contribution >= 4 is 11.8 Å². The number of fused-ring (bicyclic) bond motifs is 1. The summed E-state index contributed by atoms with van der Waals surface area (Å²) < 4.78 is 0. The normalized spacial score (nSPS) is 53.4. The highest BCUT2D eigenvalue weighted by molar-refractivity contribution is 8.00. The van der Waals surface area contributed by atoms with Crippen molar-refractivity contribution in [3.63, 3.8) is 0 Å². The van der Waals surface area contributed by atoms with Crippen LogP contribution < -0.4 is 5.32 Å². The Hall–Kier alpha value is 0.270. The van der Waals surface area contributed by atoms with Gasteiger partial charge in [-0.15, -0.1) is 0 Å². The fraction of sp³-hybridized carbons (Fsp3) is 1.00. The highest BCUT2D eigenvalue weighted by Crippen LogP contribution is 2.38. The van der Waals surface area contributed by atoms with Gasteiger partial charge >= 0.3 is 0 Å². The van der Waals surface area contributed by atoms with Crippen LogP contribution in [0.5, 0.6) is 0 Å². The van der Waals surface area contributed by atoms with Gasteiger partial charge in [0.2, 0.25) is 0 Å². The zero-order valence-corrected chi connectivity index (χ0v) is 6.90. The van der Waals surface area contributed by atoms with Gasteiger partial charge in [-0.2, -0.15) is 11.8 Å². The largest absolute Gasteiger partial charge is 0.379 e. The molecule has 2 N–H and O–H groups in total. The second-order valence-corrected chi connectivity index (χ2v) is 4.64. The average molecular weight is 159 g/mol. The van der Waals surface area contributed by atoms with Crippen LogP contribution in [0.1, 0.15) is 13.3 Å². The third-order valence-corrected chi connectivity index (χ3v) is 3.99. The molecule has 0 saturated carbocycles. The number of rotatable bonds is 0. The van der Waals surface area contributed by atoms with Crippen LogP contribution in [0.4, 0.5) is 0 Å². The smallest absolute Gasteiger partial charge is 0.105 e. The van der Waals surface area contributed by atoms with Gasteiger partial charge in [0, 0.05) is 17.0 Å². The molecule has 0 aromatic carbocycles. The van der Waals surface area contributed by atoms with Crippen LogP contribution in [-0.4, -0.2) is 28.4 Å². The van der Waals surface area contributed by atoms with Gasteiger partial charge < -0.3 is 5.11 Å². The topological polar surface area (TPSA) is 32.3 Å². The van der Waals surface area contributed by atoms with Gasteiger partial charge in [-0.25, -0.2) is 0 Å². The first kappa shape index (κ1) is 6.95. The molecule has 2 aliphatic rings. The van der Waals surface area contributed by atoms with Crippen LogP contribution >= 0.6 is 11.8 Å². The molecule has 4 unspecified atom stereocenters. The quantitative estimate of drug-likeness (QED) is 0.537. The van der Waals surface area contributed by atoms with Gasteiger partial charge in [0.05, 0.1) is 0 Å². The van der Waals surface area contributed by atoms with Crippen molar-refractivity contribution in [2.45, 2.75) is 30.9 Å². The Morgan fingerprint density at radius 2 is 2.40 bits per heavy atom. The zero-order valence-electron chi connectivity index (χ0n) is 6.08. The molecule has 0 amide bonds. The summed E-state index contributed by atoms with van der Waals surface area (Å²) >= 11 is 2.02. The summed E-state index contributed by atoms with van der Waals surface area (Å²) in [5.74, 6) is 1.91. The fourth-order valence-corrected chi connectivity index (χ4v) is 3.33. The maximum absolute atomic E-state index is 9.23. The molecule has 0 spiro atoms. The third kappa shape index (κ3) is 0.966. The number of aliphatic hydroxyl groups is 1. The summed E-state index contributed by atoms with van der Waals surface area (Å²) in [5.41, 5.74) is 0. The second kappa shape index (κ2) is 2.40. The molecule has 2 rings (SSSR count). The van der Waals surface area contributed by atoms with Crippen molar-refractivity contribution in [2.24, 2.45) is 5.92 Å². The number of aliphatic hydroxyl groups excluding tert-OH is 1. The van der Waals surface area contributed by atoms with E-state index in [9.17, 15) is 5.11 Å². The summed E-state index contributed by atoms with van der Waals surface area (Å²) in [6.07, 6.45) is 0.733. The molecular weight excluding hydrogens is 146 g/mol. The Kier molecular flexibility index (Phi) is 1.66. The van der Waals surface area contributed by atoms with Crippen LogP contribution in [-0.2, 0) is 0 Å². The van der Waals surface area contributed by atoms with Crippen molar-refractivity contribution in [3.8, 4) is 0 Å². The van der Waals surface area contributed by atoms with Crippen molar-refractivity contribution < 1.29 is 5.11 Å². The summed E-state index contributed by atoms with van der Waals surface area (Å²) in [6.45, 7) is 2.26. The molecule has 0 aliphatic carbocycles. The van der Waals surface area contributed by atoms with E-state index in [-0.39, 0.29) is 6.23 Å². The minimum atomic E-state index is -0.224. The van der Waals surface area contributed by atoms with Gasteiger partial charge in [-0.05, 0) is 12.3 Å². The van der Waals surface area contributed by atoms with E-state index in [4.69, 9.17) is 0 Å². The maximum atomic E-state index is 9.23. The lowest BCUT2D eigenvalue weighted by molar-refractivity contribution is 0.153. The molecule has 3 heteroatoms. The van der Waals surface area contributed by atoms with Gasteiger partial charge in [0.1, 0.15) is 6.23 Å². The van der Waals surface area contributed by atoms with E-state index in [0.717, 1.165) is 17.6 Å². The molecule has 2 nitrogen and oxygen atoms in total. The Balaban J connectivity index is 2.05. The second-order valence-electron chi connectivity index (χ2n) is 3.23. The van der Waals surface area contributed by atoms with Gasteiger partial charge in [0.15, 0.2) is 0 Å². The van der Waals surface area contributed by atoms with Crippen molar-refractivity contribution in [1.29, 1.82) is 0 Å². The Labute approximate surface area is 65.4 Å². The minimum absolute atomic E-state index is 0.224. The molecule has 10 heavy (non-hydrogen) atoms. The van der Waals surface area contributed by atoms with Gasteiger partial charge in [-0.1, -0.05) is 6.92 Å². The fourth-order valence-electron chi connectivity index (χ4n) is 1.93. The standard InChI is InChI=1S/C7H13NOS/c1-4-5-2-7(9)8-6(5)3-10-4/h4-9H,2-3H2,1H3. The molecule has 0 aromatic rings. The van der Waals surface area contributed by atoms with Crippen LogP contribution in [0.3, 0.4) is 0 Å². The summed E-state index contributed by atoms with van der Waals surface area (Å²) in [6, 6.07) is 0.593. The SMILES string of the molecule is CC1SCC2NC(O)CC21. The van der Waals surface area contributed by atoms with E-state index in [1.165, 1.54) is 5.75 Å². The van der Waals surface area contributed by atoms with Crippen molar-refractivity contribution in [2.75, 3.05) is 5.75 Å². The molecule has 0 aromatic heterocycles. The van der Waals surface area contributed by atoms with Crippen LogP contribution in [0.15, 0.2) is 0 Å². The van der Waals surface area contributed by atoms with Crippen molar-refractivity contribution in [3.05, 3.63) is 0 Å². The van der Waals surface area contributed by atoms with E-state index in [1.54, 1.807) is 0 Å². The van der Waals surface area contributed by atoms with Crippen LogP contribution in [0.2, 0.25) is 0 Å². The van der Waals surface area contributed by atoms with E-state index < -0.39 is 0 Å². The zero-order chi connectivity index (χ0) is 7.14. The first-order chi connectivity index (χ1) is 4.77. The summed E-state index contributed by atoms with van der Waals surface area (Å²) in [4.78, 5) is 0. The molecule has 0 bridgehead atoms. The van der Waals surface area contributed by atoms with E-state index >= 15 is 0 Å². The molecule has 4 atom stereocenters. The lowest BCUT2D eigenvalue weighted by Crippen LogP contribution is -2.31. The predicted octanol–water partition coefficient (Wildman–Crippen LogP) is 0.418. The number of hydrogen-bond donors (Lipinski definition) is 2. The van der Waals surface area contributed by atoms with Crippen LogP contribution in [0.25, 0.3) is 0 Å². The number of hydrogen-bond acceptors (Lipinski definition) is 3. The van der Waals surface area contributed by atoms with E-state index in [1.807, 2.05) is 11.8 Å². The molecular formula is C7H13NOS. The first-order valence-electron chi connectivity index (χ1n) is 3.83. The molecule has 2 saturated heterocycles. The number of nitrogens with one attached hydrogen (secondary N) is 1. The summed E-state index contributed by atoms with van der Waals surface area (Å²) in [7, 11) is 0. The third-order valence-electron chi connectivity index (χ3n) is 2.56. The van der Waals surface area contributed by atoms with Gasteiger partial charge in [0.25, 0.3) is 0 Å². The van der Waals surface area contributed by atoms with E-state index in [0.29, 0.717) is 6.04 Å². The average Bonchev–Trinajstić information content (AvgIpc) is 2.35. The lowest BCUT2D eigenvalue weighted by Gasteiger charge is -2.09. The lowest BCUT2D eigenvalue weighted by atomic mass is 9.99. The van der Waals surface area contributed by atoms with Crippen LogP contribution in [0, 0.1) is 5.92 Å². The monoisotopic (exact) mass is 159 g/mol. The maximum Gasteiger partial charge on any atom is 0.105 e. The number of thioether (sulfide) groups is 1. The molecule has 2 fully saturated rings. The highest BCUT2D eigenvalue weighted by atomic mass is 32.2. The Bertz CT molecular complexity index is 142. The first-order valence-corrected chi connectivity index (χ1v) is 4.88. The molecule has 58 valence electrons. The van der Waals surface area contributed by atoms with Crippen molar-refractivity contribution in [1.82, 2.24) is 5.32 Å². The summed E-state index contributed by atoms with van der Waals surface area (Å²) in [5, 5.41) is 13.2. The van der Waals surface area contributed by atoms with E-state index in [2.05, 4.69) is 12.2 Å².